The molecule has 2 fully saturated rings. The molecule has 0 N–H and O–H groups in total. The second kappa shape index (κ2) is 7.24. The van der Waals surface area contributed by atoms with Crippen LogP contribution in [0.15, 0.2) is 52.0 Å². The van der Waals surface area contributed by atoms with Crippen molar-refractivity contribution in [2.75, 3.05) is 12.9 Å². The Hall–Kier alpha value is -1.65. The first-order chi connectivity index (χ1) is 14.0. The Bertz CT molecular complexity index is 926. The van der Waals surface area contributed by atoms with Crippen LogP contribution in [0.1, 0.15) is 57.1 Å². The molecule has 4 atom stereocenters. The Morgan fingerprint density at radius 2 is 1.83 bits per heavy atom. The fourth-order valence-corrected chi connectivity index (χ4v) is 6.52. The maximum absolute atomic E-state index is 12.9. The van der Waals surface area contributed by atoms with Crippen molar-refractivity contribution in [3.05, 3.63) is 52.6 Å². The van der Waals surface area contributed by atoms with Crippen LogP contribution in [0.2, 0.25) is 0 Å². The zero-order valence-electron chi connectivity index (χ0n) is 17.2. The molecule has 1 aromatic rings. The Morgan fingerprint density at radius 1 is 1.03 bits per heavy atom. The number of hydrogen-bond donors (Lipinski definition) is 0. The minimum Gasteiger partial charge on any atom is -0.368 e. The zero-order valence-corrected chi connectivity index (χ0v) is 18.0. The lowest BCUT2D eigenvalue weighted by atomic mass is 9.64. The van der Waals surface area contributed by atoms with Gasteiger partial charge in [-0.05, 0) is 84.3 Å². The smallest absolute Gasteiger partial charge is 0.156 e. The van der Waals surface area contributed by atoms with E-state index in [9.17, 15) is 9.59 Å². The Kier molecular flexibility index (Phi) is 4.83. The molecule has 1 aliphatic heterocycles. The van der Waals surface area contributed by atoms with Gasteiger partial charge >= 0.3 is 0 Å². The van der Waals surface area contributed by atoms with Crippen LogP contribution in [0.3, 0.4) is 0 Å². The van der Waals surface area contributed by atoms with E-state index in [1.165, 1.54) is 27.2 Å². The second-order valence-corrected chi connectivity index (χ2v) is 10.0. The molecular weight excluding hydrogens is 380 g/mol. The van der Waals surface area contributed by atoms with Crippen LogP contribution in [0.4, 0.5) is 0 Å². The van der Waals surface area contributed by atoms with Crippen LogP contribution in [0.5, 0.6) is 0 Å². The van der Waals surface area contributed by atoms with Gasteiger partial charge in [0.15, 0.2) is 5.78 Å². The number of ketones is 2. The summed E-state index contributed by atoms with van der Waals surface area (Å²) in [5.41, 5.74) is 4.73. The number of Topliss-reactive ketones (excluding diaryl/α,β-unsaturated/α-hetero) is 1. The number of thioether (sulfide) groups is 1. The average molecular weight is 409 g/mol. The second-order valence-electron chi connectivity index (χ2n) is 9.16. The molecule has 5 rings (SSSR count). The zero-order chi connectivity index (χ0) is 20.2. The van der Waals surface area contributed by atoms with Crippen molar-refractivity contribution in [1.29, 1.82) is 0 Å². The third kappa shape index (κ3) is 3.07. The van der Waals surface area contributed by atoms with Gasteiger partial charge in [0, 0.05) is 17.7 Å². The van der Waals surface area contributed by atoms with Crippen LogP contribution in [-0.4, -0.2) is 24.4 Å². The first-order valence-electron chi connectivity index (χ1n) is 10.8. The van der Waals surface area contributed by atoms with E-state index >= 15 is 0 Å². The number of carbonyl (C=O) groups excluding carboxylic acids is 2. The van der Waals surface area contributed by atoms with Gasteiger partial charge in [0.2, 0.25) is 0 Å². The molecule has 1 aromatic carbocycles. The molecule has 0 bridgehead atoms. The van der Waals surface area contributed by atoms with Crippen LogP contribution in [0.25, 0.3) is 0 Å². The molecule has 1 saturated carbocycles. The van der Waals surface area contributed by atoms with E-state index in [-0.39, 0.29) is 17.3 Å². The van der Waals surface area contributed by atoms with Crippen molar-refractivity contribution in [1.82, 2.24) is 0 Å². The molecule has 3 nitrogen and oxygen atoms in total. The molecule has 0 spiro atoms. The first kappa shape index (κ1) is 19.3. The topological polar surface area (TPSA) is 43.4 Å². The van der Waals surface area contributed by atoms with Gasteiger partial charge in [0.05, 0.1) is 12.0 Å². The molecule has 4 heteroatoms. The van der Waals surface area contributed by atoms with Gasteiger partial charge in [0.25, 0.3) is 0 Å². The lowest BCUT2D eigenvalue weighted by Gasteiger charge is -2.39. The van der Waals surface area contributed by atoms with E-state index in [2.05, 4.69) is 37.4 Å². The molecule has 4 aliphatic rings. The van der Waals surface area contributed by atoms with Crippen LogP contribution < -0.4 is 0 Å². The van der Waals surface area contributed by atoms with Gasteiger partial charge in [-0.1, -0.05) is 19.1 Å². The number of carbonyl (C=O) groups is 2. The largest absolute Gasteiger partial charge is 0.368 e. The fourth-order valence-electron chi connectivity index (χ4n) is 6.11. The van der Waals surface area contributed by atoms with Gasteiger partial charge in [-0.2, -0.15) is 0 Å². The minimum atomic E-state index is -0.379. The molecule has 29 heavy (non-hydrogen) atoms. The number of ether oxygens (including phenoxy) is 1. The third-order valence-corrected chi connectivity index (χ3v) is 8.43. The van der Waals surface area contributed by atoms with Crippen LogP contribution in [0, 0.1) is 17.3 Å². The highest BCUT2D eigenvalue weighted by molar-refractivity contribution is 7.98. The van der Waals surface area contributed by atoms with Crippen molar-refractivity contribution < 1.29 is 14.3 Å². The lowest BCUT2D eigenvalue weighted by Crippen LogP contribution is -2.36. The van der Waals surface area contributed by atoms with Crippen molar-refractivity contribution in [2.45, 2.75) is 56.4 Å². The highest BCUT2D eigenvalue weighted by Gasteiger charge is 2.54. The third-order valence-electron chi connectivity index (χ3n) is 7.69. The summed E-state index contributed by atoms with van der Waals surface area (Å²) in [5.74, 6) is 1.34. The maximum Gasteiger partial charge on any atom is 0.156 e. The van der Waals surface area contributed by atoms with Gasteiger partial charge < -0.3 is 4.74 Å². The number of benzene rings is 1. The minimum absolute atomic E-state index is 0.113. The van der Waals surface area contributed by atoms with Crippen molar-refractivity contribution >= 4 is 23.3 Å². The Labute approximate surface area is 177 Å². The van der Waals surface area contributed by atoms with E-state index in [0.29, 0.717) is 37.1 Å². The lowest BCUT2D eigenvalue weighted by molar-refractivity contribution is -0.130. The van der Waals surface area contributed by atoms with E-state index in [1.54, 1.807) is 11.8 Å². The molecule has 0 aromatic heterocycles. The fraction of sp³-hybridized carbons (Fsp3) is 0.520. The molecule has 3 aliphatic carbocycles. The van der Waals surface area contributed by atoms with Crippen molar-refractivity contribution in [3.63, 3.8) is 0 Å². The number of rotatable bonds is 2. The number of hydrogen-bond acceptors (Lipinski definition) is 4. The van der Waals surface area contributed by atoms with Gasteiger partial charge in [-0.3, -0.25) is 9.59 Å². The molecular formula is C25H28O3S. The summed E-state index contributed by atoms with van der Waals surface area (Å²) in [6, 6.07) is 8.68. The van der Waals surface area contributed by atoms with Gasteiger partial charge in [-0.15, -0.1) is 11.8 Å². The summed E-state index contributed by atoms with van der Waals surface area (Å²) in [6.45, 7) is 2.63. The van der Waals surface area contributed by atoms with E-state index < -0.39 is 0 Å². The molecule has 1 saturated heterocycles. The predicted octanol–water partition coefficient (Wildman–Crippen LogP) is 5.46. The summed E-state index contributed by atoms with van der Waals surface area (Å²) < 4.78 is 6.60. The summed E-state index contributed by atoms with van der Waals surface area (Å²) in [4.78, 5) is 26.2. The van der Waals surface area contributed by atoms with Crippen LogP contribution >= 0.6 is 11.8 Å². The average Bonchev–Trinajstić information content (AvgIpc) is 2.95. The van der Waals surface area contributed by atoms with Crippen molar-refractivity contribution in [3.8, 4) is 0 Å². The van der Waals surface area contributed by atoms with Crippen molar-refractivity contribution in [2.24, 2.45) is 17.3 Å². The SMILES string of the molecule is CSc1ccc([C@H]2OC[C@]3(C)C(=O)CCC3C3CCC4=CC(=O)CCC4=C32)cc1. The normalized spacial score (nSPS) is 34.3. The molecule has 152 valence electrons. The highest BCUT2D eigenvalue weighted by atomic mass is 32.2. The molecule has 0 amide bonds. The molecule has 2 unspecified atom stereocenters. The summed E-state index contributed by atoms with van der Waals surface area (Å²) >= 11 is 1.74. The summed E-state index contributed by atoms with van der Waals surface area (Å²) in [6.07, 6.45) is 8.88. The molecule has 1 heterocycles. The summed E-state index contributed by atoms with van der Waals surface area (Å²) in [7, 11) is 0. The Balaban J connectivity index is 1.66. The Morgan fingerprint density at radius 3 is 2.59 bits per heavy atom. The number of fused-ring (bicyclic) bond motifs is 4. The van der Waals surface area contributed by atoms with Gasteiger partial charge in [0.1, 0.15) is 11.9 Å². The standard InChI is InChI=1S/C25H28O3S/c1-25-14-28-24(15-3-7-18(29-2)8-4-15)23-19-10-6-17(26)13-16(19)5-9-20(23)21(25)11-12-22(25)27/h3-4,7-8,13,20-21,24H,5-6,9-12,14H2,1-2H3/t20?,21?,24-,25+/m1/s1. The first-order valence-corrected chi connectivity index (χ1v) is 12.0. The van der Waals surface area contributed by atoms with E-state index in [0.717, 1.165) is 25.7 Å². The predicted molar refractivity (Wildman–Crippen MR) is 115 cm³/mol. The summed E-state index contributed by atoms with van der Waals surface area (Å²) in [5, 5.41) is 0. The maximum atomic E-state index is 12.9. The monoisotopic (exact) mass is 408 g/mol. The quantitative estimate of drug-likeness (QED) is 0.610. The number of allylic oxidation sites excluding steroid dienone is 3. The van der Waals surface area contributed by atoms with E-state index in [1.807, 2.05) is 6.08 Å². The molecule has 0 radical (unpaired) electrons. The van der Waals surface area contributed by atoms with E-state index in [4.69, 9.17) is 4.74 Å². The van der Waals surface area contributed by atoms with Gasteiger partial charge in [-0.25, -0.2) is 0 Å². The highest BCUT2D eigenvalue weighted by Crippen LogP contribution is 2.57. The van der Waals surface area contributed by atoms with Crippen LogP contribution in [-0.2, 0) is 14.3 Å².